The molecule has 1 aromatic carbocycles. The molecule has 3 saturated heterocycles. The summed E-state index contributed by atoms with van der Waals surface area (Å²) >= 11 is 3.75. The van der Waals surface area contributed by atoms with Crippen molar-refractivity contribution in [3.8, 4) is 0 Å². The highest BCUT2D eigenvalue weighted by molar-refractivity contribution is 9.09. The van der Waals surface area contributed by atoms with Crippen LogP contribution in [0.5, 0.6) is 0 Å². The lowest BCUT2D eigenvalue weighted by molar-refractivity contribution is -0.164. The molecule has 2 bridgehead atoms. The van der Waals surface area contributed by atoms with E-state index in [4.69, 9.17) is 9.47 Å². The van der Waals surface area contributed by atoms with Crippen LogP contribution in [0.1, 0.15) is 77.9 Å². The molecule has 1 unspecified atom stereocenters. The van der Waals surface area contributed by atoms with E-state index in [1.54, 1.807) is 33.9 Å². The molecule has 48 heavy (non-hydrogen) atoms. The van der Waals surface area contributed by atoms with E-state index in [1.165, 1.54) is 0 Å². The van der Waals surface area contributed by atoms with Crippen LogP contribution in [-0.2, 0) is 28.7 Å². The standard InChI is InChI=1S/C37H52BrN3O7/c1-8-10-19-27(43)39(7)24(3)30(25-17-13-11-14-18-25)47-35(46)28-29-33(44)40(21-15-12-16-22-42)32(37(29)23-26(38)31(28)48-37)34(45)41(20-9-2)36(4,5)6/h8-9,11,13-14,17-18,24,26,28-32,42H,1-2,10,12,15-16,19-23H2,3-7H3/t24-,26?,28+,29-,30+,31+,32+,37-/m0/s1. The minimum atomic E-state index is -1.23. The molecule has 3 heterocycles. The van der Waals surface area contributed by atoms with Gasteiger partial charge >= 0.3 is 5.97 Å². The largest absolute Gasteiger partial charge is 0.455 e. The number of fused-ring (bicyclic) bond motifs is 1. The number of alkyl halides is 1. The van der Waals surface area contributed by atoms with Gasteiger partial charge in [-0.3, -0.25) is 19.2 Å². The van der Waals surface area contributed by atoms with E-state index in [1.807, 2.05) is 58.0 Å². The number of likely N-dealkylation sites (N-methyl/N-ethyl adjacent to an activating group) is 1. The van der Waals surface area contributed by atoms with Crippen LogP contribution >= 0.6 is 15.9 Å². The molecule has 3 aliphatic rings. The Morgan fingerprint density at radius 3 is 2.46 bits per heavy atom. The predicted molar refractivity (Wildman–Crippen MR) is 187 cm³/mol. The average Bonchev–Trinajstić information content (AvgIpc) is 3.65. The summed E-state index contributed by atoms with van der Waals surface area (Å²) in [7, 11) is 1.69. The number of nitrogens with zero attached hydrogens (tertiary/aromatic N) is 3. The van der Waals surface area contributed by atoms with Gasteiger partial charge in [0.25, 0.3) is 0 Å². The monoisotopic (exact) mass is 729 g/mol. The Morgan fingerprint density at radius 1 is 1.17 bits per heavy atom. The number of unbranched alkanes of at least 4 members (excludes halogenated alkanes) is 2. The Kier molecular flexibility index (Phi) is 12.3. The normalized spacial score (nSPS) is 27.3. The van der Waals surface area contributed by atoms with Crippen LogP contribution in [0, 0.1) is 11.8 Å². The van der Waals surface area contributed by atoms with Gasteiger partial charge in [0.15, 0.2) is 0 Å². The Labute approximate surface area is 293 Å². The first-order valence-corrected chi connectivity index (χ1v) is 17.9. The third-order valence-corrected chi connectivity index (χ3v) is 11.0. The number of hydrogen-bond acceptors (Lipinski definition) is 7. The average molecular weight is 731 g/mol. The van der Waals surface area contributed by atoms with Crippen LogP contribution in [0.25, 0.3) is 0 Å². The van der Waals surface area contributed by atoms with Gasteiger partial charge in [0, 0.05) is 43.5 Å². The second-order valence-electron chi connectivity index (χ2n) is 14.2. The van der Waals surface area contributed by atoms with E-state index in [2.05, 4.69) is 29.1 Å². The quantitative estimate of drug-likeness (QED) is 0.112. The van der Waals surface area contributed by atoms with E-state index in [9.17, 15) is 24.3 Å². The van der Waals surface area contributed by atoms with Crippen molar-refractivity contribution in [1.29, 1.82) is 0 Å². The summed E-state index contributed by atoms with van der Waals surface area (Å²) in [6.07, 6.45) is 4.92. The molecule has 3 aliphatic heterocycles. The highest BCUT2D eigenvalue weighted by Crippen LogP contribution is 2.60. The number of carbonyl (C=O) groups is 4. The molecule has 1 spiro atoms. The summed E-state index contributed by atoms with van der Waals surface area (Å²) in [5.41, 5.74) is -1.08. The number of allylic oxidation sites excluding steroid dienone is 1. The van der Waals surface area contributed by atoms with Crippen molar-refractivity contribution < 1.29 is 33.8 Å². The fourth-order valence-electron chi connectivity index (χ4n) is 7.58. The zero-order chi connectivity index (χ0) is 35.4. The summed E-state index contributed by atoms with van der Waals surface area (Å²) in [6.45, 7) is 15.9. The molecule has 264 valence electrons. The number of amides is 3. The maximum absolute atomic E-state index is 14.6. The smallest absolute Gasteiger partial charge is 0.313 e. The van der Waals surface area contributed by atoms with Gasteiger partial charge in [-0.15, -0.1) is 13.2 Å². The van der Waals surface area contributed by atoms with Gasteiger partial charge in [0.05, 0.1) is 24.0 Å². The molecular weight excluding hydrogens is 678 g/mol. The van der Waals surface area contributed by atoms with Crippen molar-refractivity contribution >= 4 is 39.6 Å². The Hall–Kier alpha value is -3.02. The first-order valence-electron chi connectivity index (χ1n) is 17.0. The van der Waals surface area contributed by atoms with Gasteiger partial charge in [-0.25, -0.2) is 0 Å². The Morgan fingerprint density at radius 2 is 1.85 bits per heavy atom. The summed E-state index contributed by atoms with van der Waals surface area (Å²) in [4.78, 5) is 61.2. The maximum Gasteiger partial charge on any atom is 0.313 e. The second-order valence-corrected chi connectivity index (χ2v) is 15.4. The Bertz CT molecular complexity index is 1350. The maximum atomic E-state index is 14.6. The van der Waals surface area contributed by atoms with Crippen molar-refractivity contribution in [3.63, 3.8) is 0 Å². The lowest BCUT2D eigenvalue weighted by atomic mass is 9.70. The first-order chi connectivity index (χ1) is 22.7. The number of benzene rings is 1. The van der Waals surface area contributed by atoms with Gasteiger partial charge in [0.2, 0.25) is 17.7 Å². The molecule has 8 atom stereocenters. The summed E-state index contributed by atoms with van der Waals surface area (Å²) in [5.74, 6) is -3.12. The van der Waals surface area contributed by atoms with Crippen molar-refractivity contribution in [2.45, 2.75) is 106 Å². The van der Waals surface area contributed by atoms with Crippen molar-refractivity contribution in [3.05, 3.63) is 61.2 Å². The third-order valence-electron chi connectivity index (χ3n) is 10.1. The zero-order valence-electron chi connectivity index (χ0n) is 29.0. The van der Waals surface area contributed by atoms with Crippen LogP contribution in [0.15, 0.2) is 55.6 Å². The molecule has 4 rings (SSSR count). The number of likely N-dealkylation sites (tertiary alicyclic amines) is 1. The van der Waals surface area contributed by atoms with Gasteiger partial charge in [0.1, 0.15) is 17.7 Å². The number of ether oxygens (including phenoxy) is 2. The molecule has 3 amide bonds. The topological polar surface area (TPSA) is 117 Å². The number of esters is 1. The van der Waals surface area contributed by atoms with Crippen LogP contribution in [0.3, 0.4) is 0 Å². The fraction of sp³-hybridized carbons (Fsp3) is 0.622. The molecule has 1 aromatic rings. The molecule has 1 N–H and O–H groups in total. The van der Waals surface area contributed by atoms with E-state index >= 15 is 0 Å². The first kappa shape index (κ1) is 37.8. The fourth-order valence-corrected chi connectivity index (χ4v) is 8.53. The minimum Gasteiger partial charge on any atom is -0.455 e. The summed E-state index contributed by atoms with van der Waals surface area (Å²) in [5, 5.41) is 9.36. The number of aliphatic hydroxyl groups excluding tert-OH is 1. The summed E-state index contributed by atoms with van der Waals surface area (Å²) in [6, 6.07) is 7.82. The molecule has 0 radical (unpaired) electrons. The summed E-state index contributed by atoms with van der Waals surface area (Å²) < 4.78 is 13.0. The van der Waals surface area contributed by atoms with Crippen molar-refractivity contribution in [2.24, 2.45) is 11.8 Å². The van der Waals surface area contributed by atoms with E-state index in [0.717, 1.165) is 5.56 Å². The molecule has 3 fully saturated rings. The van der Waals surface area contributed by atoms with Crippen molar-refractivity contribution in [1.82, 2.24) is 14.7 Å². The van der Waals surface area contributed by atoms with Gasteiger partial charge < -0.3 is 29.3 Å². The molecule has 0 aromatic heterocycles. The number of rotatable bonds is 16. The number of carbonyl (C=O) groups excluding carboxylic acids is 4. The minimum absolute atomic E-state index is 0.0417. The van der Waals surface area contributed by atoms with E-state index in [0.29, 0.717) is 38.6 Å². The highest BCUT2D eigenvalue weighted by atomic mass is 79.9. The highest BCUT2D eigenvalue weighted by Gasteiger charge is 2.77. The van der Waals surface area contributed by atoms with Crippen LogP contribution < -0.4 is 0 Å². The van der Waals surface area contributed by atoms with E-state index < -0.39 is 53.2 Å². The molecule has 10 nitrogen and oxygen atoms in total. The van der Waals surface area contributed by atoms with Crippen molar-refractivity contribution in [2.75, 3.05) is 26.7 Å². The lowest BCUT2D eigenvalue weighted by Crippen LogP contribution is -2.60. The second kappa shape index (κ2) is 15.7. The van der Waals surface area contributed by atoms with Crippen LogP contribution in [0.2, 0.25) is 0 Å². The molecular formula is C37H52BrN3O7. The number of aliphatic hydroxyl groups is 1. The van der Waals surface area contributed by atoms with E-state index in [-0.39, 0.29) is 42.1 Å². The SMILES string of the molecule is C=CCCC(=O)N(C)[C@@H](C)[C@@H](OC(=O)[C@H]1[C@@H]2O[C@@]3(CC2Br)[C@@H]1C(=O)N(CCCCCO)[C@@H]3C(=O)N(CC=C)C(C)(C)C)c1ccccc1. The van der Waals surface area contributed by atoms with Crippen LogP contribution in [-0.4, -0.2) is 104 Å². The lowest BCUT2D eigenvalue weighted by Gasteiger charge is -2.42. The van der Waals surface area contributed by atoms with Gasteiger partial charge in [-0.1, -0.05) is 58.4 Å². The molecule has 0 aliphatic carbocycles. The number of halogens is 1. The predicted octanol–water partition coefficient (Wildman–Crippen LogP) is 4.81. The molecule has 0 saturated carbocycles. The third kappa shape index (κ3) is 7.28. The Balaban J connectivity index is 1.71. The molecule has 11 heteroatoms. The number of hydrogen-bond donors (Lipinski definition) is 1. The van der Waals surface area contributed by atoms with Crippen LogP contribution in [0.4, 0.5) is 0 Å². The van der Waals surface area contributed by atoms with Gasteiger partial charge in [-0.05, 0) is 65.4 Å². The van der Waals surface area contributed by atoms with Gasteiger partial charge in [-0.2, -0.15) is 0 Å². The zero-order valence-corrected chi connectivity index (χ0v) is 30.6.